The van der Waals surface area contributed by atoms with Gasteiger partial charge < -0.3 is 4.57 Å². The molecule has 0 unspecified atom stereocenters. The van der Waals surface area contributed by atoms with Crippen molar-refractivity contribution in [2.75, 3.05) is 0 Å². The lowest BCUT2D eigenvalue weighted by atomic mass is 10.6. The number of sulfonamides is 1. The summed E-state index contributed by atoms with van der Waals surface area (Å²) < 4.78 is 28.8. The molecular formula is C10H12BrN5O2S. The molecule has 0 atom stereocenters. The fraction of sp³-hybridized carbons (Fsp3) is 0.300. The molecule has 0 bridgehead atoms. The van der Waals surface area contributed by atoms with Crippen LogP contribution in [-0.4, -0.2) is 27.9 Å². The minimum Gasteiger partial charge on any atom is -0.337 e. The van der Waals surface area contributed by atoms with Crippen LogP contribution in [0.5, 0.6) is 0 Å². The third kappa shape index (κ3) is 3.37. The number of imidazole rings is 1. The third-order valence-corrected chi connectivity index (χ3v) is 4.14. The molecule has 2 heterocycles. The van der Waals surface area contributed by atoms with Crippen molar-refractivity contribution in [1.82, 2.24) is 24.2 Å². The van der Waals surface area contributed by atoms with Gasteiger partial charge >= 0.3 is 0 Å². The molecule has 0 aliphatic carbocycles. The van der Waals surface area contributed by atoms with Crippen LogP contribution in [0.25, 0.3) is 0 Å². The van der Waals surface area contributed by atoms with Gasteiger partial charge in [-0.25, -0.2) is 28.1 Å². The minimum absolute atomic E-state index is 0.00962. The molecule has 19 heavy (non-hydrogen) atoms. The smallest absolute Gasteiger partial charge is 0.259 e. The zero-order chi connectivity index (χ0) is 14.0. The van der Waals surface area contributed by atoms with Gasteiger partial charge in [0, 0.05) is 25.6 Å². The molecular weight excluding hydrogens is 334 g/mol. The third-order valence-electron chi connectivity index (χ3n) is 2.46. The Morgan fingerprint density at radius 3 is 2.53 bits per heavy atom. The molecule has 2 aromatic rings. The van der Waals surface area contributed by atoms with E-state index in [9.17, 15) is 8.42 Å². The van der Waals surface area contributed by atoms with Crippen LogP contribution in [0.4, 0.5) is 0 Å². The van der Waals surface area contributed by atoms with Crippen molar-refractivity contribution < 1.29 is 8.42 Å². The predicted octanol–water partition coefficient (Wildman–Crippen LogP) is 0.760. The molecule has 0 saturated carbocycles. The van der Waals surface area contributed by atoms with Crippen molar-refractivity contribution in [2.45, 2.75) is 18.5 Å². The topological polar surface area (TPSA) is 89.8 Å². The second-order valence-corrected chi connectivity index (χ2v) is 6.51. The Hall–Kier alpha value is -1.32. The number of aryl methyl sites for hydroxylation is 2. The second-order valence-electron chi connectivity index (χ2n) is 3.88. The summed E-state index contributed by atoms with van der Waals surface area (Å²) in [6, 6.07) is 0. The summed E-state index contributed by atoms with van der Waals surface area (Å²) in [4.78, 5) is 11.9. The van der Waals surface area contributed by atoms with Gasteiger partial charge in [0.25, 0.3) is 10.0 Å². The Labute approximate surface area is 119 Å². The van der Waals surface area contributed by atoms with E-state index in [2.05, 4.69) is 35.6 Å². The van der Waals surface area contributed by atoms with E-state index in [-0.39, 0.29) is 11.6 Å². The Kier molecular flexibility index (Phi) is 3.97. The monoisotopic (exact) mass is 345 g/mol. The summed E-state index contributed by atoms with van der Waals surface area (Å²) in [5.41, 5.74) is 0. The molecule has 0 aliphatic heterocycles. The van der Waals surface area contributed by atoms with Gasteiger partial charge in [-0.1, -0.05) is 0 Å². The molecule has 0 amide bonds. The number of hydrogen-bond acceptors (Lipinski definition) is 5. The molecule has 0 saturated heterocycles. The quantitative estimate of drug-likeness (QED) is 0.883. The average molecular weight is 346 g/mol. The first-order valence-electron chi connectivity index (χ1n) is 5.34. The van der Waals surface area contributed by atoms with Gasteiger partial charge in [-0.05, 0) is 22.9 Å². The van der Waals surface area contributed by atoms with Crippen LogP contribution in [0.1, 0.15) is 11.6 Å². The van der Waals surface area contributed by atoms with Crippen LogP contribution in [-0.2, 0) is 23.6 Å². The molecule has 0 radical (unpaired) electrons. The maximum atomic E-state index is 12.0. The number of nitrogens with zero attached hydrogens (tertiary/aromatic N) is 4. The molecule has 102 valence electrons. The molecule has 0 spiro atoms. The van der Waals surface area contributed by atoms with Gasteiger partial charge in [-0.3, -0.25) is 0 Å². The Balaban J connectivity index is 2.11. The van der Waals surface area contributed by atoms with Gasteiger partial charge in [0.2, 0.25) is 0 Å². The summed E-state index contributed by atoms with van der Waals surface area (Å²) in [5.74, 6) is 1.01. The maximum Gasteiger partial charge on any atom is 0.259 e. The van der Waals surface area contributed by atoms with Crippen LogP contribution in [0.15, 0.2) is 28.1 Å². The fourth-order valence-electron chi connectivity index (χ4n) is 1.32. The van der Waals surface area contributed by atoms with Crippen molar-refractivity contribution in [2.24, 2.45) is 7.05 Å². The Bertz CT molecular complexity index is 661. The molecule has 7 nitrogen and oxygen atoms in total. The summed E-state index contributed by atoms with van der Waals surface area (Å²) in [6.45, 7) is 1.75. The van der Waals surface area contributed by atoms with Crippen LogP contribution in [0.2, 0.25) is 0 Å². The van der Waals surface area contributed by atoms with E-state index < -0.39 is 10.0 Å². The van der Waals surface area contributed by atoms with Crippen molar-refractivity contribution in [3.05, 3.63) is 34.7 Å². The highest BCUT2D eigenvalue weighted by Crippen LogP contribution is 2.08. The number of hydrogen-bond donors (Lipinski definition) is 1. The lowest BCUT2D eigenvalue weighted by molar-refractivity contribution is 0.575. The maximum absolute atomic E-state index is 12.0. The van der Waals surface area contributed by atoms with E-state index in [1.54, 1.807) is 30.9 Å². The molecule has 2 rings (SSSR count). The van der Waals surface area contributed by atoms with Gasteiger partial charge in [-0.2, -0.15) is 0 Å². The first-order valence-corrected chi connectivity index (χ1v) is 7.62. The Morgan fingerprint density at radius 1 is 1.37 bits per heavy atom. The largest absolute Gasteiger partial charge is 0.337 e. The molecule has 9 heteroatoms. The fourth-order valence-corrected chi connectivity index (χ4v) is 2.54. The summed E-state index contributed by atoms with van der Waals surface area (Å²) >= 11 is 3.21. The first kappa shape index (κ1) is 14.1. The highest BCUT2D eigenvalue weighted by atomic mass is 79.9. The second kappa shape index (κ2) is 5.35. The van der Waals surface area contributed by atoms with Gasteiger partial charge in [0.15, 0.2) is 5.03 Å². The zero-order valence-electron chi connectivity index (χ0n) is 10.3. The molecule has 0 aliphatic rings. The van der Waals surface area contributed by atoms with Crippen LogP contribution in [0.3, 0.4) is 0 Å². The van der Waals surface area contributed by atoms with Gasteiger partial charge in [0.05, 0.1) is 11.0 Å². The summed E-state index contributed by atoms with van der Waals surface area (Å²) in [6.07, 6.45) is 4.57. The highest BCUT2D eigenvalue weighted by Gasteiger charge is 2.18. The van der Waals surface area contributed by atoms with E-state index in [1.807, 2.05) is 0 Å². The number of aromatic nitrogens is 4. The Morgan fingerprint density at radius 2 is 2.00 bits per heavy atom. The van der Waals surface area contributed by atoms with Crippen LogP contribution < -0.4 is 4.72 Å². The molecule has 2 aromatic heterocycles. The van der Waals surface area contributed by atoms with E-state index in [1.165, 1.54) is 6.20 Å². The number of halogens is 1. The molecule has 0 fully saturated rings. The van der Waals surface area contributed by atoms with Crippen molar-refractivity contribution in [3.8, 4) is 0 Å². The summed E-state index contributed by atoms with van der Waals surface area (Å²) in [5, 5.41) is -0.00962. The standard InChI is InChI=1S/C10H12BrN5O2S/c1-7-15-10(6-16(7)2)19(17,18)14-5-9-12-3-8(11)4-13-9/h3-4,6,14H,5H2,1-2H3. The normalized spacial score (nSPS) is 11.7. The zero-order valence-corrected chi connectivity index (χ0v) is 12.7. The van der Waals surface area contributed by atoms with Crippen molar-refractivity contribution in [1.29, 1.82) is 0 Å². The summed E-state index contributed by atoms with van der Waals surface area (Å²) in [7, 11) is -1.91. The molecule has 0 aromatic carbocycles. The van der Waals surface area contributed by atoms with E-state index in [0.29, 0.717) is 11.6 Å². The molecule has 1 N–H and O–H groups in total. The van der Waals surface area contributed by atoms with E-state index in [4.69, 9.17) is 0 Å². The van der Waals surface area contributed by atoms with E-state index in [0.717, 1.165) is 4.47 Å². The van der Waals surface area contributed by atoms with E-state index >= 15 is 0 Å². The minimum atomic E-state index is -3.64. The number of nitrogens with one attached hydrogen (secondary N) is 1. The van der Waals surface area contributed by atoms with Gasteiger partial charge in [-0.15, -0.1) is 0 Å². The first-order chi connectivity index (χ1) is 8.88. The lowest BCUT2D eigenvalue weighted by Gasteiger charge is -2.03. The average Bonchev–Trinajstić information content (AvgIpc) is 2.70. The van der Waals surface area contributed by atoms with Gasteiger partial charge in [0.1, 0.15) is 11.6 Å². The van der Waals surface area contributed by atoms with Crippen molar-refractivity contribution >= 4 is 26.0 Å². The number of rotatable bonds is 4. The van der Waals surface area contributed by atoms with Crippen molar-refractivity contribution in [3.63, 3.8) is 0 Å². The highest BCUT2D eigenvalue weighted by molar-refractivity contribution is 9.10. The van der Waals surface area contributed by atoms with Crippen LogP contribution in [0, 0.1) is 6.92 Å². The lowest BCUT2D eigenvalue weighted by Crippen LogP contribution is -2.24. The SMILES string of the molecule is Cc1nc(S(=O)(=O)NCc2ncc(Br)cn2)cn1C. The predicted molar refractivity (Wildman–Crippen MR) is 71.7 cm³/mol. The van der Waals surface area contributed by atoms with Crippen LogP contribution >= 0.6 is 15.9 Å².